The first-order chi connectivity index (χ1) is 12.2. The second-order valence-corrected chi connectivity index (χ2v) is 5.55. The van der Waals surface area contributed by atoms with Crippen molar-refractivity contribution >= 4 is 0 Å². The molecule has 1 atom stereocenters. The van der Waals surface area contributed by atoms with Gasteiger partial charge in [-0.25, -0.2) is 26.3 Å². The lowest BCUT2D eigenvalue weighted by Crippen LogP contribution is -2.33. The number of ether oxygens (including phenoxy) is 1. The number of hydrogen-bond acceptors (Lipinski definition) is 3. The van der Waals surface area contributed by atoms with Gasteiger partial charge in [0, 0.05) is 13.7 Å². The molecule has 0 radical (unpaired) electrons. The molecule has 0 aromatic heterocycles. The second-order valence-electron chi connectivity index (χ2n) is 5.55. The van der Waals surface area contributed by atoms with E-state index in [9.17, 15) is 31.4 Å². The number of methoxy groups -OCH3 is 1. The summed E-state index contributed by atoms with van der Waals surface area (Å²) in [6.07, 6.45) is -1.05. The normalized spacial score (nSPS) is 12.7. The molecule has 26 heavy (non-hydrogen) atoms. The molecule has 0 saturated carbocycles. The van der Waals surface area contributed by atoms with Crippen molar-refractivity contribution in [2.75, 3.05) is 20.3 Å². The lowest BCUT2D eigenvalue weighted by Gasteiger charge is -2.22. The largest absolute Gasteiger partial charge is 0.389 e. The molecular formula is C17H15F6NO2. The molecule has 0 fully saturated rings. The van der Waals surface area contributed by atoms with Crippen LogP contribution in [0, 0.1) is 34.9 Å². The monoisotopic (exact) mass is 379 g/mol. The molecule has 0 saturated heterocycles. The molecule has 2 N–H and O–H groups in total. The number of benzene rings is 2. The van der Waals surface area contributed by atoms with Crippen molar-refractivity contribution in [1.82, 2.24) is 5.32 Å². The predicted octanol–water partition coefficient (Wildman–Crippen LogP) is 3.21. The van der Waals surface area contributed by atoms with Crippen molar-refractivity contribution in [2.45, 2.75) is 12.1 Å². The first kappa shape index (κ1) is 20.2. The highest BCUT2D eigenvalue weighted by molar-refractivity contribution is 5.34. The van der Waals surface area contributed by atoms with Gasteiger partial charge in [-0.2, -0.15) is 0 Å². The van der Waals surface area contributed by atoms with Crippen LogP contribution in [0.2, 0.25) is 0 Å². The van der Waals surface area contributed by atoms with Gasteiger partial charge >= 0.3 is 0 Å². The zero-order chi connectivity index (χ0) is 19.4. The fourth-order valence-corrected chi connectivity index (χ4v) is 2.42. The van der Waals surface area contributed by atoms with Crippen LogP contribution in [-0.2, 0) is 4.74 Å². The van der Waals surface area contributed by atoms with E-state index in [0.717, 1.165) is 0 Å². The Balaban J connectivity index is 2.45. The average molecular weight is 379 g/mol. The van der Waals surface area contributed by atoms with E-state index in [1.54, 1.807) is 0 Å². The van der Waals surface area contributed by atoms with Crippen LogP contribution >= 0.6 is 0 Å². The summed E-state index contributed by atoms with van der Waals surface area (Å²) < 4.78 is 85.2. The fraction of sp³-hybridized carbons (Fsp3) is 0.294. The smallest absolute Gasteiger partial charge is 0.194 e. The second kappa shape index (κ2) is 8.52. The molecule has 0 bridgehead atoms. The molecule has 2 aromatic carbocycles. The Hall–Kier alpha value is -2.10. The van der Waals surface area contributed by atoms with Crippen LogP contribution < -0.4 is 5.32 Å². The van der Waals surface area contributed by atoms with Gasteiger partial charge in [-0.05, 0) is 35.4 Å². The molecule has 0 amide bonds. The van der Waals surface area contributed by atoms with Gasteiger partial charge in [0.1, 0.15) is 0 Å². The zero-order valence-electron chi connectivity index (χ0n) is 13.5. The van der Waals surface area contributed by atoms with E-state index in [0.29, 0.717) is 24.3 Å². The van der Waals surface area contributed by atoms with Gasteiger partial charge in [0.15, 0.2) is 34.9 Å². The summed E-state index contributed by atoms with van der Waals surface area (Å²) in [5.41, 5.74) is -0.423. The van der Waals surface area contributed by atoms with Crippen molar-refractivity contribution in [3.05, 3.63) is 70.3 Å². The zero-order valence-corrected chi connectivity index (χ0v) is 13.5. The predicted molar refractivity (Wildman–Crippen MR) is 80.4 cm³/mol. The third kappa shape index (κ3) is 4.54. The van der Waals surface area contributed by atoms with Crippen molar-refractivity contribution < 1.29 is 36.2 Å². The van der Waals surface area contributed by atoms with Crippen LogP contribution in [0.15, 0.2) is 24.3 Å². The van der Waals surface area contributed by atoms with Gasteiger partial charge in [0.2, 0.25) is 0 Å². The summed E-state index contributed by atoms with van der Waals surface area (Å²) >= 11 is 0. The van der Waals surface area contributed by atoms with Crippen LogP contribution in [0.3, 0.4) is 0 Å². The summed E-state index contributed by atoms with van der Waals surface area (Å²) in [7, 11) is 1.33. The average Bonchev–Trinajstić information content (AvgIpc) is 2.57. The molecule has 3 nitrogen and oxygen atoms in total. The van der Waals surface area contributed by atoms with E-state index in [1.807, 2.05) is 0 Å². The Labute approximate surface area is 145 Å². The van der Waals surface area contributed by atoms with Gasteiger partial charge in [0.25, 0.3) is 0 Å². The molecular weight excluding hydrogens is 364 g/mol. The minimum absolute atomic E-state index is 0.0853. The van der Waals surface area contributed by atoms with Crippen molar-refractivity contribution in [3.63, 3.8) is 0 Å². The topological polar surface area (TPSA) is 41.5 Å². The van der Waals surface area contributed by atoms with E-state index in [2.05, 4.69) is 5.32 Å². The van der Waals surface area contributed by atoms with E-state index in [4.69, 9.17) is 4.74 Å². The molecule has 2 rings (SSSR count). The summed E-state index contributed by atoms with van der Waals surface area (Å²) in [6.45, 7) is -0.280. The highest BCUT2D eigenvalue weighted by atomic mass is 19.2. The first-order valence-electron chi connectivity index (χ1n) is 7.43. The van der Waals surface area contributed by atoms with Gasteiger partial charge in [-0.3, -0.25) is 0 Å². The van der Waals surface area contributed by atoms with E-state index in [1.165, 1.54) is 7.11 Å². The molecule has 9 heteroatoms. The first-order valence-corrected chi connectivity index (χ1v) is 7.43. The molecule has 0 aliphatic rings. The maximum absolute atomic E-state index is 13.5. The maximum Gasteiger partial charge on any atom is 0.194 e. The minimum atomic E-state index is -1.71. The number of rotatable bonds is 7. The number of aliphatic hydroxyl groups excluding tert-OH is 1. The Bertz CT molecular complexity index is 682. The molecule has 0 aliphatic heterocycles. The maximum atomic E-state index is 13.5. The quantitative estimate of drug-likeness (QED) is 0.574. The summed E-state index contributed by atoms with van der Waals surface area (Å²) in [6, 6.07) is 1.29. The molecule has 0 heterocycles. The Morgan fingerprint density at radius 1 is 0.846 bits per heavy atom. The number of halogens is 6. The molecule has 142 valence electrons. The van der Waals surface area contributed by atoms with Gasteiger partial charge in [-0.1, -0.05) is 0 Å². The summed E-state index contributed by atoms with van der Waals surface area (Å²) in [5, 5.41) is 12.3. The standard InChI is InChI=1S/C17H15F6NO2/c1-26-7-10(25)6-24-17(8-2-11(18)15(22)12(19)3-8)9-4-13(20)16(23)14(21)5-9/h2-5,10,17,24-25H,6-7H2,1H3/t10-/m0/s1. The highest BCUT2D eigenvalue weighted by Crippen LogP contribution is 2.27. The van der Waals surface area contributed by atoms with Gasteiger partial charge in [0.05, 0.1) is 18.8 Å². The lowest BCUT2D eigenvalue weighted by molar-refractivity contribution is 0.0634. The number of nitrogens with one attached hydrogen (secondary N) is 1. The third-order valence-electron chi connectivity index (χ3n) is 3.60. The van der Waals surface area contributed by atoms with Crippen molar-refractivity contribution in [1.29, 1.82) is 0 Å². The molecule has 0 unspecified atom stereocenters. The summed E-state index contributed by atoms with van der Waals surface area (Å²) in [4.78, 5) is 0. The Kier molecular flexibility index (Phi) is 6.63. The minimum Gasteiger partial charge on any atom is -0.389 e. The number of aliphatic hydroxyl groups is 1. The third-order valence-corrected chi connectivity index (χ3v) is 3.60. The Morgan fingerprint density at radius 2 is 1.23 bits per heavy atom. The summed E-state index contributed by atoms with van der Waals surface area (Å²) in [5.74, 6) is -9.44. The van der Waals surface area contributed by atoms with Crippen molar-refractivity contribution in [3.8, 4) is 0 Å². The van der Waals surface area contributed by atoms with Gasteiger partial charge < -0.3 is 15.2 Å². The van der Waals surface area contributed by atoms with E-state index < -0.39 is 47.0 Å². The van der Waals surface area contributed by atoms with Crippen molar-refractivity contribution in [2.24, 2.45) is 0 Å². The molecule has 2 aromatic rings. The van der Waals surface area contributed by atoms with Crippen LogP contribution in [-0.4, -0.2) is 31.5 Å². The van der Waals surface area contributed by atoms with Crippen LogP contribution in [0.1, 0.15) is 17.2 Å². The SMILES string of the molecule is COC[C@@H](O)CNC(c1cc(F)c(F)c(F)c1)c1cc(F)c(F)c(F)c1. The van der Waals surface area contributed by atoms with Gasteiger partial charge in [-0.15, -0.1) is 0 Å². The van der Waals surface area contributed by atoms with E-state index in [-0.39, 0.29) is 24.3 Å². The van der Waals surface area contributed by atoms with Crippen LogP contribution in [0.4, 0.5) is 26.3 Å². The highest BCUT2D eigenvalue weighted by Gasteiger charge is 2.22. The Morgan fingerprint density at radius 3 is 1.58 bits per heavy atom. The molecule has 0 aliphatic carbocycles. The molecule has 0 spiro atoms. The lowest BCUT2D eigenvalue weighted by atomic mass is 9.97. The van der Waals surface area contributed by atoms with Crippen LogP contribution in [0.5, 0.6) is 0 Å². The number of hydrogen-bond donors (Lipinski definition) is 2. The van der Waals surface area contributed by atoms with Crippen LogP contribution in [0.25, 0.3) is 0 Å². The van der Waals surface area contributed by atoms with E-state index >= 15 is 0 Å². The fourth-order valence-electron chi connectivity index (χ4n) is 2.42.